The van der Waals surface area contributed by atoms with Crippen molar-refractivity contribution in [3.63, 3.8) is 0 Å². The minimum absolute atomic E-state index is 0.142. The summed E-state index contributed by atoms with van der Waals surface area (Å²) in [6, 6.07) is 11.6. The lowest BCUT2D eigenvalue weighted by Gasteiger charge is -2.00. The van der Waals surface area contributed by atoms with E-state index in [-0.39, 0.29) is 5.78 Å². The Labute approximate surface area is 113 Å². The second-order valence-corrected chi connectivity index (χ2v) is 5.06. The molecular formula is C15H11BrO2. The SMILES string of the molecule is CCC(=O)c1cc(Br)c2oc3ccccc3c2c1. The average Bonchev–Trinajstić information content (AvgIpc) is 2.77. The van der Waals surface area contributed by atoms with Crippen LogP contribution in [-0.2, 0) is 0 Å². The molecule has 0 saturated heterocycles. The number of halogens is 1. The maximum Gasteiger partial charge on any atom is 0.162 e. The molecule has 0 aliphatic carbocycles. The van der Waals surface area contributed by atoms with Crippen molar-refractivity contribution in [3.8, 4) is 0 Å². The zero-order chi connectivity index (χ0) is 12.7. The molecule has 0 aliphatic heterocycles. The van der Waals surface area contributed by atoms with Crippen molar-refractivity contribution in [2.75, 3.05) is 0 Å². The summed E-state index contributed by atoms with van der Waals surface area (Å²) in [5, 5.41) is 2.02. The summed E-state index contributed by atoms with van der Waals surface area (Å²) in [4.78, 5) is 11.8. The zero-order valence-electron chi connectivity index (χ0n) is 9.87. The monoisotopic (exact) mass is 302 g/mol. The van der Waals surface area contributed by atoms with Crippen LogP contribution in [0.3, 0.4) is 0 Å². The molecule has 3 heteroatoms. The van der Waals surface area contributed by atoms with E-state index >= 15 is 0 Å². The first kappa shape index (κ1) is 11.5. The molecule has 0 spiro atoms. The van der Waals surface area contributed by atoms with Crippen LogP contribution in [0.25, 0.3) is 21.9 Å². The molecule has 3 aromatic rings. The van der Waals surface area contributed by atoms with Crippen molar-refractivity contribution in [3.05, 3.63) is 46.4 Å². The summed E-state index contributed by atoms with van der Waals surface area (Å²) in [5.74, 6) is 0.142. The number of para-hydroxylation sites is 1. The number of carbonyl (C=O) groups excluding carboxylic acids is 1. The van der Waals surface area contributed by atoms with Crippen LogP contribution in [0.15, 0.2) is 45.3 Å². The van der Waals surface area contributed by atoms with Crippen molar-refractivity contribution in [2.24, 2.45) is 0 Å². The number of rotatable bonds is 2. The summed E-state index contributed by atoms with van der Waals surface area (Å²) in [5.41, 5.74) is 2.36. The Balaban J connectivity index is 2.40. The number of hydrogen-bond donors (Lipinski definition) is 0. The minimum Gasteiger partial charge on any atom is -0.455 e. The Morgan fingerprint density at radius 2 is 2.00 bits per heavy atom. The van der Waals surface area contributed by atoms with Crippen LogP contribution >= 0.6 is 15.9 Å². The number of carbonyl (C=O) groups is 1. The topological polar surface area (TPSA) is 30.2 Å². The average molecular weight is 303 g/mol. The Morgan fingerprint density at radius 1 is 1.22 bits per heavy atom. The molecule has 0 amide bonds. The molecule has 0 atom stereocenters. The number of hydrogen-bond acceptors (Lipinski definition) is 2. The molecule has 1 heterocycles. The van der Waals surface area contributed by atoms with E-state index in [0.29, 0.717) is 6.42 Å². The molecule has 0 saturated carbocycles. The Kier molecular flexibility index (Phi) is 2.71. The second-order valence-electron chi connectivity index (χ2n) is 4.21. The number of fused-ring (bicyclic) bond motifs is 3. The first-order valence-electron chi connectivity index (χ1n) is 5.84. The quantitative estimate of drug-likeness (QED) is 0.628. The molecule has 2 aromatic carbocycles. The van der Waals surface area contributed by atoms with Gasteiger partial charge < -0.3 is 4.42 Å². The van der Waals surface area contributed by atoms with Crippen LogP contribution in [0.5, 0.6) is 0 Å². The van der Waals surface area contributed by atoms with E-state index in [0.717, 1.165) is 32.0 Å². The van der Waals surface area contributed by atoms with E-state index in [9.17, 15) is 4.79 Å². The highest BCUT2D eigenvalue weighted by atomic mass is 79.9. The van der Waals surface area contributed by atoms with Gasteiger partial charge in [-0.3, -0.25) is 4.79 Å². The van der Waals surface area contributed by atoms with Gasteiger partial charge in [0.1, 0.15) is 11.2 Å². The smallest absolute Gasteiger partial charge is 0.162 e. The third-order valence-corrected chi connectivity index (χ3v) is 3.66. The van der Waals surface area contributed by atoms with Gasteiger partial charge in [0.2, 0.25) is 0 Å². The van der Waals surface area contributed by atoms with Crippen LogP contribution in [0.4, 0.5) is 0 Å². The lowest BCUT2D eigenvalue weighted by atomic mass is 10.1. The van der Waals surface area contributed by atoms with Gasteiger partial charge in [-0.15, -0.1) is 0 Å². The molecule has 0 aliphatic rings. The van der Waals surface area contributed by atoms with E-state index < -0.39 is 0 Å². The van der Waals surface area contributed by atoms with Gasteiger partial charge in [-0.1, -0.05) is 25.1 Å². The van der Waals surface area contributed by atoms with Crippen LogP contribution in [0.2, 0.25) is 0 Å². The molecular weight excluding hydrogens is 292 g/mol. The van der Waals surface area contributed by atoms with Gasteiger partial charge in [-0.25, -0.2) is 0 Å². The largest absolute Gasteiger partial charge is 0.455 e. The van der Waals surface area contributed by atoms with Crippen LogP contribution in [-0.4, -0.2) is 5.78 Å². The first-order valence-corrected chi connectivity index (χ1v) is 6.64. The van der Waals surface area contributed by atoms with E-state index in [1.165, 1.54) is 0 Å². The highest BCUT2D eigenvalue weighted by molar-refractivity contribution is 9.10. The number of benzene rings is 2. The van der Waals surface area contributed by atoms with Gasteiger partial charge in [0.15, 0.2) is 5.78 Å². The fourth-order valence-electron chi connectivity index (χ4n) is 2.15. The standard InChI is InChI=1S/C15H11BrO2/c1-2-13(17)9-7-11-10-5-3-4-6-14(10)18-15(11)12(16)8-9/h3-8H,2H2,1H3. The molecule has 0 bridgehead atoms. The van der Waals surface area contributed by atoms with E-state index in [2.05, 4.69) is 15.9 Å². The fraction of sp³-hybridized carbons (Fsp3) is 0.133. The molecule has 0 unspecified atom stereocenters. The van der Waals surface area contributed by atoms with Gasteiger partial charge in [-0.05, 0) is 34.1 Å². The Morgan fingerprint density at radius 3 is 2.78 bits per heavy atom. The molecule has 90 valence electrons. The Bertz CT molecular complexity index is 756. The molecule has 3 rings (SSSR count). The van der Waals surface area contributed by atoms with Gasteiger partial charge in [0.05, 0.1) is 4.47 Å². The highest BCUT2D eigenvalue weighted by Gasteiger charge is 2.13. The molecule has 2 nitrogen and oxygen atoms in total. The molecule has 0 fully saturated rings. The van der Waals surface area contributed by atoms with Crippen LogP contribution in [0, 0.1) is 0 Å². The Hall–Kier alpha value is -1.61. The third kappa shape index (κ3) is 1.66. The summed E-state index contributed by atoms with van der Waals surface area (Å²) < 4.78 is 6.62. The lowest BCUT2D eigenvalue weighted by molar-refractivity contribution is 0.0988. The third-order valence-electron chi connectivity index (χ3n) is 3.08. The summed E-state index contributed by atoms with van der Waals surface area (Å²) in [6.07, 6.45) is 0.508. The van der Waals surface area contributed by atoms with Crippen molar-refractivity contribution in [1.29, 1.82) is 0 Å². The summed E-state index contributed by atoms with van der Waals surface area (Å²) >= 11 is 3.48. The first-order chi connectivity index (χ1) is 8.70. The normalized spacial score (nSPS) is 11.2. The van der Waals surface area contributed by atoms with Gasteiger partial charge in [0.25, 0.3) is 0 Å². The number of ketones is 1. The zero-order valence-corrected chi connectivity index (χ0v) is 11.5. The van der Waals surface area contributed by atoms with Gasteiger partial charge in [0, 0.05) is 22.8 Å². The number of Topliss-reactive ketones (excluding diaryl/α,β-unsaturated/α-hetero) is 1. The summed E-state index contributed by atoms with van der Waals surface area (Å²) in [6.45, 7) is 1.87. The highest BCUT2D eigenvalue weighted by Crippen LogP contribution is 2.34. The van der Waals surface area contributed by atoms with Gasteiger partial charge >= 0.3 is 0 Å². The lowest BCUT2D eigenvalue weighted by Crippen LogP contribution is -1.95. The maximum atomic E-state index is 11.8. The second kappa shape index (κ2) is 4.25. The van der Waals surface area contributed by atoms with E-state index in [1.807, 2.05) is 43.3 Å². The van der Waals surface area contributed by atoms with E-state index in [1.54, 1.807) is 0 Å². The van der Waals surface area contributed by atoms with E-state index in [4.69, 9.17) is 4.42 Å². The van der Waals surface area contributed by atoms with Crippen molar-refractivity contribution < 1.29 is 9.21 Å². The molecule has 1 aromatic heterocycles. The van der Waals surface area contributed by atoms with Crippen LogP contribution < -0.4 is 0 Å². The van der Waals surface area contributed by atoms with Crippen molar-refractivity contribution in [2.45, 2.75) is 13.3 Å². The van der Waals surface area contributed by atoms with Crippen molar-refractivity contribution >= 4 is 43.7 Å². The minimum atomic E-state index is 0.142. The summed E-state index contributed by atoms with van der Waals surface area (Å²) in [7, 11) is 0. The molecule has 0 radical (unpaired) electrons. The number of furan rings is 1. The maximum absolute atomic E-state index is 11.8. The predicted octanol–water partition coefficient (Wildman–Crippen LogP) is 4.94. The van der Waals surface area contributed by atoms with Gasteiger partial charge in [-0.2, -0.15) is 0 Å². The fourth-order valence-corrected chi connectivity index (χ4v) is 2.69. The molecule has 0 N–H and O–H groups in total. The predicted molar refractivity (Wildman–Crippen MR) is 76.0 cm³/mol. The van der Waals surface area contributed by atoms with Crippen LogP contribution in [0.1, 0.15) is 23.7 Å². The molecule has 18 heavy (non-hydrogen) atoms. The van der Waals surface area contributed by atoms with Crippen molar-refractivity contribution in [1.82, 2.24) is 0 Å².